The first-order valence-electron chi connectivity index (χ1n) is 12.3. The molecular weight excluding hydrogens is 948 g/mol. The molecule has 0 saturated heterocycles. The monoisotopic (exact) mass is 972 g/mol. The average Bonchev–Trinajstić information content (AvgIpc) is 3.73. The van der Waals surface area contributed by atoms with E-state index in [-0.39, 0.29) is 5.91 Å². The van der Waals surface area contributed by atoms with Crippen LogP contribution in [0.25, 0.3) is 0 Å². The molecule has 0 aliphatic rings. The molecule has 0 aliphatic carbocycles. The van der Waals surface area contributed by atoms with E-state index < -0.39 is 0 Å². The average molecular weight is 977 g/mol. The first kappa shape index (κ1) is 40.9. The minimum atomic E-state index is -0.111. The first-order chi connectivity index (χ1) is 21.5. The molecule has 242 valence electrons. The van der Waals surface area contributed by atoms with Crippen molar-refractivity contribution in [2.24, 2.45) is 0 Å². The van der Waals surface area contributed by atoms with E-state index in [4.69, 9.17) is 18.9 Å². The maximum Gasteiger partial charge on any atom is 0.256 e. The number of rotatable bonds is 5. The maximum absolute atomic E-state index is 10.5. The molecule has 45 heavy (non-hydrogen) atoms. The van der Waals surface area contributed by atoms with E-state index in [1.807, 2.05) is 40.4 Å². The van der Waals surface area contributed by atoms with Crippen molar-refractivity contribution in [1.82, 2.24) is 15.0 Å². The number of nitrogens with zero attached hydrogens (tertiary/aromatic N) is 3. The van der Waals surface area contributed by atoms with Gasteiger partial charge >= 0.3 is 0 Å². The summed E-state index contributed by atoms with van der Waals surface area (Å²) in [5, 5.41) is 8.67. The lowest BCUT2D eigenvalue weighted by Crippen LogP contribution is -2.06. The van der Waals surface area contributed by atoms with Crippen LogP contribution in [0.5, 0.6) is 23.3 Å². The summed E-state index contributed by atoms with van der Waals surface area (Å²) in [7, 11) is 6.29. The van der Waals surface area contributed by atoms with Gasteiger partial charge in [-0.2, -0.15) is 11.3 Å². The Kier molecular flexibility index (Phi) is 22.0. The van der Waals surface area contributed by atoms with E-state index in [0.29, 0.717) is 23.3 Å². The van der Waals surface area contributed by atoms with Gasteiger partial charge in [0, 0.05) is 56.4 Å². The van der Waals surface area contributed by atoms with Gasteiger partial charge in [-0.15, -0.1) is 11.3 Å². The second-order valence-corrected chi connectivity index (χ2v) is 14.3. The van der Waals surface area contributed by atoms with Gasteiger partial charge in [0.15, 0.2) is 5.75 Å². The highest BCUT2D eigenvalue weighted by Gasteiger charge is 2.03. The second-order valence-electron chi connectivity index (χ2n) is 7.63. The summed E-state index contributed by atoms with van der Waals surface area (Å²) in [5.74, 6) is 2.85. The van der Waals surface area contributed by atoms with Crippen molar-refractivity contribution in [3.63, 3.8) is 0 Å². The van der Waals surface area contributed by atoms with Crippen LogP contribution in [-0.2, 0) is 4.79 Å². The van der Waals surface area contributed by atoms with Crippen molar-refractivity contribution in [3.8, 4) is 23.3 Å². The Morgan fingerprint density at radius 1 is 0.733 bits per heavy atom. The number of methoxy groups -OCH3 is 4. The van der Waals surface area contributed by atoms with Crippen molar-refractivity contribution < 1.29 is 23.7 Å². The lowest BCUT2D eigenvalue weighted by Gasteiger charge is -2.04. The Hall–Kier alpha value is -2.08. The molecule has 0 saturated carbocycles. The predicted octanol–water partition coefficient (Wildman–Crippen LogP) is 10.5. The zero-order valence-corrected chi connectivity index (χ0v) is 34.2. The summed E-state index contributed by atoms with van der Waals surface area (Å²) in [4.78, 5) is 22.4. The maximum atomic E-state index is 10.5. The molecule has 0 aliphatic heterocycles. The van der Waals surface area contributed by atoms with Crippen molar-refractivity contribution in [2.75, 3.05) is 33.8 Å². The molecule has 0 bridgehead atoms. The van der Waals surface area contributed by atoms with Gasteiger partial charge in [-0.05, 0) is 115 Å². The highest BCUT2D eigenvalue weighted by Crippen LogP contribution is 2.27. The van der Waals surface area contributed by atoms with Crippen molar-refractivity contribution in [1.29, 1.82) is 0 Å². The number of halogens is 5. The van der Waals surface area contributed by atoms with Crippen LogP contribution in [0.1, 0.15) is 6.92 Å². The van der Waals surface area contributed by atoms with Crippen LogP contribution in [0.3, 0.4) is 0 Å². The third kappa shape index (κ3) is 18.6. The summed E-state index contributed by atoms with van der Waals surface area (Å²) in [6.45, 7) is 1.45. The fourth-order valence-corrected chi connectivity index (χ4v) is 5.50. The van der Waals surface area contributed by atoms with Crippen molar-refractivity contribution in [2.45, 2.75) is 6.92 Å². The normalized spacial score (nSPS) is 9.20. The molecule has 0 fully saturated rings. The molecule has 0 aromatic carbocycles. The molecule has 5 rings (SSSR count). The standard InChI is InChI=1S/C7H7BrN2O.2C7H8BrNO2.2C4H3BrS/c1-5(11)10-7-3-2-6(8)4-9-7;1-10-6-3-7(11-2)9-4-5(6)8;1-10-6-3-5(8)4-9-7(6)11-2;5-4-1-2-6-3-4;5-4-2-1-3-6-4/h2-4H,1H3,(H,9,10,11);2*3-4H,1-2H3;2*1-3H. The number of hydrogen-bond donors (Lipinski definition) is 1. The van der Waals surface area contributed by atoms with E-state index in [1.165, 1.54) is 15.2 Å². The highest BCUT2D eigenvalue weighted by atomic mass is 79.9. The number of pyridine rings is 3. The number of hydrogen-bond acceptors (Lipinski definition) is 10. The van der Waals surface area contributed by atoms with E-state index >= 15 is 0 Å². The molecule has 0 spiro atoms. The minimum Gasteiger partial charge on any atom is -0.495 e. The number of anilines is 1. The number of carbonyl (C=O) groups excluding carboxylic acids is 1. The van der Waals surface area contributed by atoms with E-state index in [1.54, 1.807) is 87.9 Å². The molecule has 5 heterocycles. The zero-order valence-electron chi connectivity index (χ0n) is 24.6. The third-order valence-electron chi connectivity index (χ3n) is 4.43. The van der Waals surface area contributed by atoms with Gasteiger partial charge in [0.05, 0.1) is 36.7 Å². The molecule has 5 aromatic heterocycles. The van der Waals surface area contributed by atoms with Gasteiger partial charge in [0.1, 0.15) is 11.6 Å². The van der Waals surface area contributed by atoms with Gasteiger partial charge in [-0.1, -0.05) is 6.07 Å². The third-order valence-corrected chi connectivity index (χ3v) is 8.88. The summed E-state index contributed by atoms with van der Waals surface area (Å²) in [5.41, 5.74) is 0. The Morgan fingerprint density at radius 2 is 1.44 bits per heavy atom. The van der Waals surface area contributed by atoms with Crippen LogP contribution >= 0.6 is 102 Å². The lowest BCUT2D eigenvalue weighted by atomic mass is 10.4. The van der Waals surface area contributed by atoms with Gasteiger partial charge in [0.25, 0.3) is 5.88 Å². The summed E-state index contributed by atoms with van der Waals surface area (Å²) < 4.78 is 24.8. The second kappa shape index (κ2) is 24.1. The fraction of sp³-hybridized carbons (Fsp3) is 0.172. The predicted molar refractivity (Wildman–Crippen MR) is 200 cm³/mol. The van der Waals surface area contributed by atoms with Gasteiger partial charge in [-0.25, -0.2) is 15.0 Å². The Labute approximate surface area is 312 Å². The minimum absolute atomic E-state index is 0.111. The Balaban J connectivity index is 0.000000288. The lowest BCUT2D eigenvalue weighted by molar-refractivity contribution is -0.114. The van der Waals surface area contributed by atoms with Crippen LogP contribution in [-0.4, -0.2) is 49.3 Å². The topological polar surface area (TPSA) is 105 Å². The first-order valence-corrected chi connectivity index (χ1v) is 18.0. The molecular formula is C29H29Br5N4O5S2. The number of nitrogens with one attached hydrogen (secondary N) is 1. The summed E-state index contributed by atoms with van der Waals surface area (Å²) >= 11 is 19.8. The Bertz CT molecular complexity index is 1480. The number of amides is 1. The number of ether oxygens (including phenoxy) is 4. The SMILES string of the molecule is Brc1cccs1.Brc1ccsc1.CC(=O)Nc1ccc(Br)cn1.COc1cc(Br)cnc1OC.COc1cc(OC)c(Br)cn1. The molecule has 0 unspecified atom stereocenters. The molecule has 1 amide bonds. The molecule has 0 radical (unpaired) electrons. The molecule has 0 atom stereocenters. The van der Waals surface area contributed by atoms with Crippen LogP contribution < -0.4 is 24.3 Å². The fourth-order valence-electron chi connectivity index (χ4n) is 2.51. The highest BCUT2D eigenvalue weighted by molar-refractivity contribution is 9.11. The number of aromatic nitrogens is 3. The Morgan fingerprint density at radius 3 is 1.87 bits per heavy atom. The van der Waals surface area contributed by atoms with E-state index in [9.17, 15) is 4.79 Å². The smallest absolute Gasteiger partial charge is 0.256 e. The van der Waals surface area contributed by atoms with Crippen LogP contribution in [0.4, 0.5) is 5.82 Å². The van der Waals surface area contributed by atoms with E-state index in [2.05, 4.69) is 99.9 Å². The van der Waals surface area contributed by atoms with Crippen molar-refractivity contribution >= 4 is 114 Å². The summed E-state index contributed by atoms with van der Waals surface area (Å²) in [6.07, 6.45) is 4.92. The molecule has 5 aromatic rings. The van der Waals surface area contributed by atoms with Crippen LogP contribution in [0, 0.1) is 0 Å². The molecule has 16 heteroatoms. The summed E-state index contributed by atoms with van der Waals surface area (Å²) in [6, 6.07) is 13.1. The van der Waals surface area contributed by atoms with E-state index in [0.717, 1.165) is 19.2 Å². The molecule has 9 nitrogen and oxygen atoms in total. The largest absolute Gasteiger partial charge is 0.495 e. The zero-order chi connectivity index (χ0) is 33.6. The molecule has 1 N–H and O–H groups in total. The quantitative estimate of drug-likeness (QED) is 0.186. The number of carbonyl (C=O) groups is 1. The van der Waals surface area contributed by atoms with Crippen molar-refractivity contribution in [3.05, 3.63) is 98.9 Å². The van der Waals surface area contributed by atoms with Gasteiger partial charge < -0.3 is 24.3 Å². The van der Waals surface area contributed by atoms with Gasteiger partial charge in [0.2, 0.25) is 11.8 Å². The van der Waals surface area contributed by atoms with Crippen LogP contribution in [0.15, 0.2) is 98.9 Å². The van der Waals surface area contributed by atoms with Crippen LogP contribution in [0.2, 0.25) is 0 Å². The number of thiophene rings is 2. The van der Waals surface area contributed by atoms with Gasteiger partial charge in [-0.3, -0.25) is 4.79 Å².